The van der Waals surface area contributed by atoms with Crippen LogP contribution < -0.4 is 15.0 Å². The molecular formula is C30H27FN2O5. The molecule has 7 nitrogen and oxygen atoms in total. The molecule has 3 aromatic carbocycles. The van der Waals surface area contributed by atoms with Crippen molar-refractivity contribution in [1.82, 2.24) is 5.32 Å². The number of esters is 1. The van der Waals surface area contributed by atoms with Crippen molar-refractivity contribution in [3.8, 4) is 5.75 Å². The van der Waals surface area contributed by atoms with Crippen LogP contribution in [0.5, 0.6) is 5.75 Å². The van der Waals surface area contributed by atoms with Crippen LogP contribution in [0.4, 0.5) is 10.1 Å². The van der Waals surface area contributed by atoms with Gasteiger partial charge >= 0.3 is 5.97 Å². The number of amides is 2. The summed E-state index contributed by atoms with van der Waals surface area (Å²) in [6, 6.07) is 21.7. The van der Waals surface area contributed by atoms with Gasteiger partial charge in [0.2, 0.25) is 0 Å². The van der Waals surface area contributed by atoms with Crippen molar-refractivity contribution < 1.29 is 28.2 Å². The highest BCUT2D eigenvalue weighted by Gasteiger charge is 2.37. The average Bonchev–Trinajstić information content (AvgIpc) is 3.17. The van der Waals surface area contributed by atoms with Crippen LogP contribution in [0.25, 0.3) is 6.08 Å². The Bertz CT molecular complexity index is 1400. The van der Waals surface area contributed by atoms with Crippen molar-refractivity contribution in [3.05, 3.63) is 113 Å². The van der Waals surface area contributed by atoms with Crippen molar-refractivity contribution in [3.63, 3.8) is 0 Å². The van der Waals surface area contributed by atoms with Crippen molar-refractivity contribution >= 4 is 29.5 Å². The van der Waals surface area contributed by atoms with E-state index < -0.39 is 17.7 Å². The van der Waals surface area contributed by atoms with E-state index in [0.717, 1.165) is 5.56 Å². The lowest BCUT2D eigenvalue weighted by Gasteiger charge is -2.17. The molecule has 1 aliphatic heterocycles. The molecule has 0 saturated carbocycles. The highest BCUT2D eigenvalue weighted by molar-refractivity contribution is 6.23. The number of allylic oxidation sites excluding steroid dienone is 1. The fourth-order valence-electron chi connectivity index (χ4n) is 4.17. The number of anilines is 1. The molecule has 4 rings (SSSR count). The predicted molar refractivity (Wildman–Crippen MR) is 142 cm³/mol. The van der Waals surface area contributed by atoms with Crippen molar-refractivity contribution in [2.75, 3.05) is 18.6 Å². The molecule has 194 valence electrons. The second-order valence-corrected chi connectivity index (χ2v) is 8.68. The highest BCUT2D eigenvalue weighted by atomic mass is 19.1. The summed E-state index contributed by atoms with van der Waals surface area (Å²) < 4.78 is 23.9. The lowest BCUT2D eigenvalue weighted by molar-refractivity contribution is -0.136. The molecule has 0 saturated heterocycles. The molecular weight excluding hydrogens is 487 g/mol. The van der Waals surface area contributed by atoms with Crippen LogP contribution in [0.3, 0.4) is 0 Å². The Morgan fingerprint density at radius 2 is 1.66 bits per heavy atom. The molecule has 0 bridgehead atoms. The number of benzene rings is 3. The third-order valence-electron chi connectivity index (χ3n) is 6.11. The number of halogens is 1. The third-order valence-corrected chi connectivity index (χ3v) is 6.11. The number of nitrogens with one attached hydrogen (secondary N) is 1. The minimum Gasteiger partial charge on any atom is -0.484 e. The fraction of sp³-hybridized carbons (Fsp3) is 0.167. The predicted octanol–water partition coefficient (Wildman–Crippen LogP) is 4.96. The zero-order valence-electron chi connectivity index (χ0n) is 21.2. The monoisotopic (exact) mass is 514 g/mol. The Hall–Kier alpha value is -4.72. The summed E-state index contributed by atoms with van der Waals surface area (Å²) in [4.78, 5) is 39.5. The Labute approximate surface area is 220 Å². The van der Waals surface area contributed by atoms with Gasteiger partial charge in [-0.15, -0.1) is 0 Å². The summed E-state index contributed by atoms with van der Waals surface area (Å²) in [6.45, 7) is 3.38. The van der Waals surface area contributed by atoms with Crippen molar-refractivity contribution in [2.45, 2.75) is 19.9 Å². The summed E-state index contributed by atoms with van der Waals surface area (Å²) in [5.41, 5.74) is 2.73. The van der Waals surface area contributed by atoms with E-state index in [2.05, 4.69) is 5.32 Å². The highest BCUT2D eigenvalue weighted by Crippen LogP contribution is 2.35. The molecule has 1 aliphatic rings. The van der Waals surface area contributed by atoms with Gasteiger partial charge in [-0.25, -0.2) is 9.18 Å². The standard InChI is InChI=1S/C30H27FN2O5/c1-19(22-7-5-4-6-8-22)32-27(34)18-38-25-15-9-21(10-16-25)17-26-28(30(36)37-3)20(2)33(29(26)35)24-13-11-23(31)12-14-24/h4-17,19H,18H2,1-3H3,(H,32,34)/b26-17-/t19-/m0/s1. The van der Waals surface area contributed by atoms with E-state index in [1.807, 2.05) is 37.3 Å². The molecule has 1 atom stereocenters. The van der Waals surface area contributed by atoms with Crippen LogP contribution in [0.2, 0.25) is 0 Å². The van der Waals surface area contributed by atoms with Crippen LogP contribution in [0.15, 0.2) is 95.7 Å². The van der Waals surface area contributed by atoms with Gasteiger partial charge in [0.15, 0.2) is 6.61 Å². The topological polar surface area (TPSA) is 84.9 Å². The maximum Gasteiger partial charge on any atom is 0.340 e. The number of rotatable bonds is 8. The number of hydrogen-bond donors (Lipinski definition) is 1. The van der Waals surface area contributed by atoms with E-state index in [4.69, 9.17) is 9.47 Å². The first-order valence-corrected chi connectivity index (χ1v) is 12.0. The largest absolute Gasteiger partial charge is 0.484 e. The Morgan fingerprint density at radius 3 is 2.29 bits per heavy atom. The SMILES string of the molecule is COC(=O)C1=C(C)N(c2ccc(F)cc2)C(=O)/C1=C\c1ccc(OCC(=O)N[C@@H](C)c2ccccc2)cc1. The average molecular weight is 515 g/mol. The van der Waals surface area contributed by atoms with E-state index in [-0.39, 0.29) is 29.7 Å². The van der Waals surface area contributed by atoms with Crippen LogP contribution in [0.1, 0.15) is 31.0 Å². The lowest BCUT2D eigenvalue weighted by atomic mass is 10.0. The van der Waals surface area contributed by atoms with Crippen LogP contribution in [-0.2, 0) is 19.1 Å². The first kappa shape index (κ1) is 26.3. The summed E-state index contributed by atoms with van der Waals surface area (Å²) in [7, 11) is 1.24. The van der Waals surface area contributed by atoms with Gasteiger partial charge in [-0.1, -0.05) is 42.5 Å². The zero-order valence-corrected chi connectivity index (χ0v) is 21.2. The maximum absolute atomic E-state index is 13.4. The first-order valence-electron chi connectivity index (χ1n) is 12.0. The first-order chi connectivity index (χ1) is 18.3. The van der Waals surface area contributed by atoms with E-state index in [0.29, 0.717) is 22.7 Å². The third kappa shape index (κ3) is 5.81. The normalized spacial score (nSPS) is 15.0. The molecule has 0 fully saturated rings. The number of hydrogen-bond acceptors (Lipinski definition) is 5. The molecule has 0 aromatic heterocycles. The van der Waals surface area contributed by atoms with Gasteiger partial charge in [-0.05, 0) is 67.4 Å². The van der Waals surface area contributed by atoms with Crippen LogP contribution in [0, 0.1) is 5.82 Å². The minimum atomic E-state index is -0.651. The quantitative estimate of drug-likeness (QED) is 0.339. The summed E-state index contributed by atoms with van der Waals surface area (Å²) >= 11 is 0. The number of carbonyl (C=O) groups is 3. The molecule has 2 amide bonds. The van der Waals surface area contributed by atoms with Crippen LogP contribution >= 0.6 is 0 Å². The van der Waals surface area contributed by atoms with Crippen LogP contribution in [-0.4, -0.2) is 31.5 Å². The van der Waals surface area contributed by atoms with E-state index in [1.165, 1.54) is 36.3 Å². The van der Waals surface area contributed by atoms with Gasteiger partial charge in [0, 0.05) is 11.4 Å². The van der Waals surface area contributed by atoms with E-state index >= 15 is 0 Å². The van der Waals surface area contributed by atoms with Gasteiger partial charge < -0.3 is 14.8 Å². The molecule has 0 aliphatic carbocycles. The molecule has 3 aromatic rings. The summed E-state index contributed by atoms with van der Waals surface area (Å²) in [5.74, 6) is -1.30. The number of carbonyl (C=O) groups excluding carboxylic acids is 3. The van der Waals surface area contributed by atoms with Crippen molar-refractivity contribution in [2.24, 2.45) is 0 Å². The molecule has 0 unspecified atom stereocenters. The molecule has 0 radical (unpaired) electrons. The van der Waals surface area contributed by atoms with Gasteiger partial charge in [-0.3, -0.25) is 14.5 Å². The molecule has 1 heterocycles. The zero-order chi connectivity index (χ0) is 27.2. The second kappa shape index (κ2) is 11.6. The van der Waals surface area contributed by atoms with Gasteiger partial charge in [0.05, 0.1) is 24.3 Å². The maximum atomic E-state index is 13.4. The molecule has 1 N–H and O–H groups in total. The lowest BCUT2D eigenvalue weighted by Crippen LogP contribution is -2.31. The Balaban J connectivity index is 1.47. The minimum absolute atomic E-state index is 0.131. The Morgan fingerprint density at radius 1 is 1.00 bits per heavy atom. The van der Waals surface area contributed by atoms with Gasteiger partial charge in [0.1, 0.15) is 11.6 Å². The van der Waals surface area contributed by atoms with E-state index in [9.17, 15) is 18.8 Å². The molecule has 0 spiro atoms. The molecule has 8 heteroatoms. The van der Waals surface area contributed by atoms with Crippen molar-refractivity contribution in [1.29, 1.82) is 0 Å². The number of methoxy groups -OCH3 is 1. The van der Waals surface area contributed by atoms with Gasteiger partial charge in [0.25, 0.3) is 11.8 Å². The Kier molecular flexibility index (Phi) is 8.01. The fourth-order valence-corrected chi connectivity index (χ4v) is 4.17. The number of ether oxygens (including phenoxy) is 2. The smallest absolute Gasteiger partial charge is 0.340 e. The summed E-state index contributed by atoms with van der Waals surface area (Å²) in [6.07, 6.45) is 1.58. The number of nitrogens with zero attached hydrogens (tertiary/aromatic N) is 1. The second-order valence-electron chi connectivity index (χ2n) is 8.68. The summed E-state index contributed by atoms with van der Waals surface area (Å²) in [5, 5.41) is 2.89. The van der Waals surface area contributed by atoms with E-state index in [1.54, 1.807) is 37.3 Å². The van der Waals surface area contributed by atoms with Gasteiger partial charge in [-0.2, -0.15) is 0 Å². The molecule has 38 heavy (non-hydrogen) atoms.